The molecule has 1 fully saturated rings. The van der Waals surface area contributed by atoms with Gasteiger partial charge in [-0.1, -0.05) is 6.07 Å². The summed E-state index contributed by atoms with van der Waals surface area (Å²) in [7, 11) is 0. The average Bonchev–Trinajstić information content (AvgIpc) is 2.38. The number of likely N-dealkylation sites (tertiary alicyclic amines) is 1. The first kappa shape index (κ1) is 13.6. The predicted molar refractivity (Wildman–Crippen MR) is 75.1 cm³/mol. The summed E-state index contributed by atoms with van der Waals surface area (Å²) in [6, 6.07) is 7.43. The van der Waals surface area contributed by atoms with E-state index in [0.29, 0.717) is 17.3 Å². The van der Waals surface area contributed by atoms with Crippen LogP contribution in [0.3, 0.4) is 0 Å². The van der Waals surface area contributed by atoms with Crippen LogP contribution in [0, 0.1) is 0 Å². The monoisotopic (exact) mass is 260 g/mol. The first-order valence-corrected chi connectivity index (χ1v) is 6.76. The van der Waals surface area contributed by atoms with Crippen LogP contribution in [0.2, 0.25) is 0 Å². The van der Waals surface area contributed by atoms with Crippen molar-refractivity contribution < 1.29 is 9.59 Å². The van der Waals surface area contributed by atoms with E-state index in [1.807, 2.05) is 4.90 Å². The highest BCUT2D eigenvalue weighted by atomic mass is 16.2. The quantitative estimate of drug-likeness (QED) is 0.888. The highest BCUT2D eigenvalue weighted by Crippen LogP contribution is 2.20. The molecule has 102 valence electrons. The van der Waals surface area contributed by atoms with Gasteiger partial charge in [0.25, 0.3) is 5.91 Å². The Hall–Kier alpha value is -1.84. The maximum Gasteiger partial charge on any atom is 0.254 e. The zero-order chi connectivity index (χ0) is 13.8. The standard InChI is InChI=1S/C15H20N2O2/c1-11-6-3-4-9-17(11)15(19)13-7-5-8-14(10-13)16-12(2)18/h5,7-8,10-11H,3-4,6,9H2,1-2H3,(H,16,18). The molecule has 0 saturated carbocycles. The third-order valence-corrected chi connectivity index (χ3v) is 3.49. The Morgan fingerprint density at radius 3 is 2.79 bits per heavy atom. The van der Waals surface area contributed by atoms with Crippen molar-refractivity contribution >= 4 is 17.5 Å². The molecule has 1 aromatic rings. The Morgan fingerprint density at radius 2 is 2.11 bits per heavy atom. The molecular formula is C15H20N2O2. The molecule has 0 radical (unpaired) electrons. The second-order valence-electron chi connectivity index (χ2n) is 5.11. The number of nitrogens with zero attached hydrogens (tertiary/aromatic N) is 1. The molecule has 0 aliphatic carbocycles. The Kier molecular flexibility index (Phi) is 4.20. The van der Waals surface area contributed by atoms with E-state index in [0.717, 1.165) is 19.4 Å². The van der Waals surface area contributed by atoms with Gasteiger partial charge in [-0.3, -0.25) is 9.59 Å². The summed E-state index contributed by atoms with van der Waals surface area (Å²) in [5, 5.41) is 2.70. The average molecular weight is 260 g/mol. The first-order chi connectivity index (χ1) is 9.08. The van der Waals surface area contributed by atoms with Crippen LogP contribution < -0.4 is 5.32 Å². The summed E-state index contributed by atoms with van der Waals surface area (Å²) in [5.74, 6) is -0.0738. The van der Waals surface area contributed by atoms with Gasteiger partial charge < -0.3 is 10.2 Å². The number of amides is 2. The van der Waals surface area contributed by atoms with Crippen LogP contribution in [-0.4, -0.2) is 29.3 Å². The summed E-state index contributed by atoms with van der Waals surface area (Å²) < 4.78 is 0. The van der Waals surface area contributed by atoms with Crippen molar-refractivity contribution in [2.24, 2.45) is 0 Å². The molecule has 4 heteroatoms. The SMILES string of the molecule is CC(=O)Nc1cccc(C(=O)N2CCCCC2C)c1. The number of carbonyl (C=O) groups excluding carboxylic acids is 2. The molecule has 1 N–H and O–H groups in total. The van der Waals surface area contributed by atoms with Crippen LogP contribution in [-0.2, 0) is 4.79 Å². The van der Waals surface area contributed by atoms with E-state index in [9.17, 15) is 9.59 Å². The lowest BCUT2D eigenvalue weighted by Crippen LogP contribution is -2.42. The number of hydrogen-bond donors (Lipinski definition) is 1. The molecule has 0 spiro atoms. The molecule has 2 rings (SSSR count). The van der Waals surface area contributed by atoms with Crippen molar-refractivity contribution in [3.63, 3.8) is 0 Å². The van der Waals surface area contributed by atoms with Crippen molar-refractivity contribution in [3.05, 3.63) is 29.8 Å². The van der Waals surface area contributed by atoms with Gasteiger partial charge in [0, 0.05) is 30.8 Å². The van der Waals surface area contributed by atoms with Gasteiger partial charge >= 0.3 is 0 Å². The van der Waals surface area contributed by atoms with E-state index in [-0.39, 0.29) is 11.8 Å². The van der Waals surface area contributed by atoms with Crippen molar-refractivity contribution in [2.75, 3.05) is 11.9 Å². The summed E-state index contributed by atoms with van der Waals surface area (Å²) in [5.41, 5.74) is 1.31. The summed E-state index contributed by atoms with van der Waals surface area (Å²) in [4.78, 5) is 25.4. The second-order valence-corrected chi connectivity index (χ2v) is 5.11. The second kappa shape index (κ2) is 5.87. The lowest BCUT2D eigenvalue weighted by atomic mass is 10.0. The lowest BCUT2D eigenvalue weighted by Gasteiger charge is -2.33. The zero-order valence-electron chi connectivity index (χ0n) is 11.5. The van der Waals surface area contributed by atoms with E-state index in [1.54, 1.807) is 24.3 Å². The van der Waals surface area contributed by atoms with Gasteiger partial charge in [0.15, 0.2) is 0 Å². The van der Waals surface area contributed by atoms with Crippen molar-refractivity contribution in [3.8, 4) is 0 Å². The topological polar surface area (TPSA) is 49.4 Å². The van der Waals surface area contributed by atoms with Gasteiger partial charge in [0.1, 0.15) is 0 Å². The van der Waals surface area contributed by atoms with E-state index in [4.69, 9.17) is 0 Å². The molecule has 1 aromatic carbocycles. The van der Waals surface area contributed by atoms with Crippen molar-refractivity contribution in [1.82, 2.24) is 4.90 Å². The largest absolute Gasteiger partial charge is 0.336 e. The number of nitrogens with one attached hydrogen (secondary N) is 1. The molecule has 2 amide bonds. The van der Waals surface area contributed by atoms with Crippen LogP contribution in [0.15, 0.2) is 24.3 Å². The minimum Gasteiger partial charge on any atom is -0.336 e. The van der Waals surface area contributed by atoms with E-state index < -0.39 is 0 Å². The van der Waals surface area contributed by atoms with Crippen molar-refractivity contribution in [1.29, 1.82) is 0 Å². The molecule has 1 aliphatic heterocycles. The highest BCUT2D eigenvalue weighted by Gasteiger charge is 2.24. The Bertz CT molecular complexity index is 485. The molecule has 1 saturated heterocycles. The highest BCUT2D eigenvalue weighted by molar-refractivity contribution is 5.97. The number of piperidine rings is 1. The number of anilines is 1. The lowest BCUT2D eigenvalue weighted by molar-refractivity contribution is -0.114. The molecule has 1 heterocycles. The predicted octanol–water partition coefficient (Wildman–Crippen LogP) is 2.66. The fraction of sp³-hybridized carbons (Fsp3) is 0.467. The van der Waals surface area contributed by atoms with Gasteiger partial charge in [-0.05, 0) is 44.4 Å². The molecule has 0 aromatic heterocycles. The Balaban J connectivity index is 2.16. The third-order valence-electron chi connectivity index (χ3n) is 3.49. The van der Waals surface area contributed by atoms with Gasteiger partial charge in [-0.2, -0.15) is 0 Å². The van der Waals surface area contributed by atoms with E-state index in [1.165, 1.54) is 13.3 Å². The third kappa shape index (κ3) is 3.34. The van der Waals surface area contributed by atoms with Crippen LogP contribution >= 0.6 is 0 Å². The van der Waals surface area contributed by atoms with Gasteiger partial charge in [0.05, 0.1) is 0 Å². The van der Waals surface area contributed by atoms with E-state index >= 15 is 0 Å². The number of rotatable bonds is 2. The minimum atomic E-state index is -0.129. The molecular weight excluding hydrogens is 240 g/mol. The molecule has 1 unspecified atom stereocenters. The Morgan fingerprint density at radius 1 is 1.32 bits per heavy atom. The maximum atomic E-state index is 12.5. The van der Waals surface area contributed by atoms with Crippen LogP contribution in [0.4, 0.5) is 5.69 Å². The number of benzene rings is 1. The first-order valence-electron chi connectivity index (χ1n) is 6.76. The summed E-state index contributed by atoms with van der Waals surface area (Å²) in [6.07, 6.45) is 3.33. The molecule has 0 bridgehead atoms. The van der Waals surface area contributed by atoms with Crippen molar-refractivity contribution in [2.45, 2.75) is 39.2 Å². The molecule has 19 heavy (non-hydrogen) atoms. The smallest absolute Gasteiger partial charge is 0.254 e. The number of carbonyl (C=O) groups is 2. The molecule has 4 nitrogen and oxygen atoms in total. The summed E-state index contributed by atoms with van der Waals surface area (Å²) in [6.45, 7) is 4.38. The molecule has 1 aliphatic rings. The number of hydrogen-bond acceptors (Lipinski definition) is 2. The maximum absolute atomic E-state index is 12.5. The fourth-order valence-electron chi connectivity index (χ4n) is 2.50. The minimum absolute atomic E-state index is 0.0550. The van der Waals surface area contributed by atoms with Crippen LogP contribution in [0.5, 0.6) is 0 Å². The van der Waals surface area contributed by atoms with Crippen LogP contribution in [0.25, 0.3) is 0 Å². The zero-order valence-corrected chi connectivity index (χ0v) is 11.5. The molecule has 1 atom stereocenters. The Labute approximate surface area is 113 Å². The van der Waals surface area contributed by atoms with Gasteiger partial charge in [0.2, 0.25) is 5.91 Å². The van der Waals surface area contributed by atoms with Gasteiger partial charge in [-0.25, -0.2) is 0 Å². The summed E-state index contributed by atoms with van der Waals surface area (Å²) >= 11 is 0. The van der Waals surface area contributed by atoms with Crippen LogP contribution in [0.1, 0.15) is 43.5 Å². The fourth-order valence-corrected chi connectivity index (χ4v) is 2.50. The van der Waals surface area contributed by atoms with E-state index in [2.05, 4.69) is 12.2 Å². The normalized spacial score (nSPS) is 19.1. The van der Waals surface area contributed by atoms with Gasteiger partial charge in [-0.15, -0.1) is 0 Å².